The third kappa shape index (κ3) is 3.08. The van der Waals surface area contributed by atoms with Crippen LogP contribution < -0.4 is 15.4 Å². The molecule has 0 saturated carbocycles. The van der Waals surface area contributed by atoms with Crippen molar-refractivity contribution in [3.8, 4) is 6.08 Å². The van der Waals surface area contributed by atoms with E-state index in [1.54, 1.807) is 0 Å². The lowest BCUT2D eigenvalue weighted by molar-refractivity contribution is 0.0935. The molecule has 2 aliphatic rings. The van der Waals surface area contributed by atoms with E-state index in [0.717, 1.165) is 17.1 Å². The monoisotopic (exact) mass is 352 g/mol. The van der Waals surface area contributed by atoms with Crippen LogP contribution in [0.4, 0.5) is 0 Å². The Morgan fingerprint density at radius 3 is 3.09 bits per heavy atom. The standard InChI is InChI=1S/C14H16N4O3S2/c1-20-13-17-18-14(21-13)23-11-5-4-10(22-11)12(19)16-9-6-7-2-3-8(9)15-7/h4-5,7-9,15H,2-3,6H2,1H3,(H,16,19). The molecule has 2 aromatic rings. The Balaban J connectivity index is 1.38. The Kier molecular flexibility index (Phi) is 4.00. The molecular weight excluding hydrogens is 336 g/mol. The first-order valence-electron chi connectivity index (χ1n) is 7.43. The molecule has 2 aromatic heterocycles. The van der Waals surface area contributed by atoms with Crippen LogP contribution >= 0.6 is 23.1 Å². The first-order valence-corrected chi connectivity index (χ1v) is 9.06. The van der Waals surface area contributed by atoms with Crippen molar-refractivity contribution >= 4 is 29.0 Å². The lowest BCUT2D eigenvalue weighted by Gasteiger charge is -2.20. The summed E-state index contributed by atoms with van der Waals surface area (Å²) in [4.78, 5) is 13.1. The molecule has 2 aliphatic heterocycles. The van der Waals surface area contributed by atoms with Gasteiger partial charge in [0.15, 0.2) is 0 Å². The van der Waals surface area contributed by atoms with Crippen molar-refractivity contribution in [1.29, 1.82) is 0 Å². The minimum atomic E-state index is -0.00990. The van der Waals surface area contributed by atoms with Crippen molar-refractivity contribution in [2.45, 2.75) is 46.8 Å². The summed E-state index contributed by atoms with van der Waals surface area (Å²) in [6, 6.07) is 4.98. The summed E-state index contributed by atoms with van der Waals surface area (Å²) in [6.45, 7) is 0. The van der Waals surface area contributed by atoms with Crippen LogP contribution in [-0.4, -0.2) is 41.3 Å². The Labute approximate surface area is 141 Å². The smallest absolute Gasteiger partial charge is 0.415 e. The molecule has 0 aromatic carbocycles. The lowest BCUT2D eigenvalue weighted by atomic mass is 9.95. The van der Waals surface area contributed by atoms with Crippen LogP contribution in [0.25, 0.3) is 0 Å². The summed E-state index contributed by atoms with van der Waals surface area (Å²) in [6.07, 6.45) is 3.54. The summed E-state index contributed by atoms with van der Waals surface area (Å²) in [5.41, 5.74) is 0. The van der Waals surface area contributed by atoms with Crippen molar-refractivity contribution < 1.29 is 13.9 Å². The lowest BCUT2D eigenvalue weighted by Crippen LogP contribution is -2.42. The first-order chi connectivity index (χ1) is 11.2. The summed E-state index contributed by atoms with van der Waals surface area (Å²) in [7, 11) is 1.47. The van der Waals surface area contributed by atoms with E-state index in [0.29, 0.717) is 22.2 Å². The Bertz CT molecular complexity index is 716. The van der Waals surface area contributed by atoms with Gasteiger partial charge in [-0.1, -0.05) is 10.2 Å². The van der Waals surface area contributed by atoms with Crippen LogP contribution in [0.1, 0.15) is 28.9 Å². The molecule has 7 nitrogen and oxygen atoms in total. The molecular formula is C14H16N4O3S2. The van der Waals surface area contributed by atoms with E-state index in [4.69, 9.17) is 9.15 Å². The Morgan fingerprint density at radius 1 is 1.48 bits per heavy atom. The Hall–Kier alpha value is -1.58. The quantitative estimate of drug-likeness (QED) is 0.849. The fraction of sp³-hybridized carbons (Fsp3) is 0.500. The highest BCUT2D eigenvalue weighted by Gasteiger charge is 2.39. The fourth-order valence-corrected chi connectivity index (χ4v) is 4.92. The highest BCUT2D eigenvalue weighted by molar-refractivity contribution is 8.01. The number of methoxy groups -OCH3 is 1. The predicted octanol–water partition coefficient (Wildman–Crippen LogP) is 1.91. The largest absolute Gasteiger partial charge is 0.452 e. The average Bonchev–Trinajstić information content (AvgIpc) is 3.32. The van der Waals surface area contributed by atoms with Gasteiger partial charge in [-0.05, 0) is 43.2 Å². The number of carbonyl (C=O) groups excluding carboxylic acids is 1. The zero-order valence-corrected chi connectivity index (χ0v) is 14.1. The second-order valence-corrected chi connectivity index (χ2v) is 7.96. The van der Waals surface area contributed by atoms with Gasteiger partial charge in [0.25, 0.3) is 11.1 Å². The van der Waals surface area contributed by atoms with Gasteiger partial charge in [0.05, 0.1) is 16.2 Å². The number of nitrogens with one attached hydrogen (secondary N) is 2. The number of hydrogen-bond donors (Lipinski definition) is 2. The maximum Gasteiger partial charge on any atom is 0.415 e. The molecule has 9 heteroatoms. The van der Waals surface area contributed by atoms with Crippen molar-refractivity contribution in [1.82, 2.24) is 20.8 Å². The van der Waals surface area contributed by atoms with Crippen LogP contribution in [0.2, 0.25) is 0 Å². The number of rotatable bonds is 5. The SMILES string of the molecule is COc1nnc(Sc2ccc(C(=O)NC3CC4CCC3N4)s2)o1. The predicted molar refractivity (Wildman–Crippen MR) is 85.1 cm³/mol. The van der Waals surface area contributed by atoms with Gasteiger partial charge in [-0.3, -0.25) is 4.79 Å². The second-order valence-electron chi connectivity index (χ2n) is 5.62. The van der Waals surface area contributed by atoms with Crippen LogP contribution in [-0.2, 0) is 0 Å². The number of thiophene rings is 1. The van der Waals surface area contributed by atoms with E-state index in [2.05, 4.69) is 20.8 Å². The van der Waals surface area contributed by atoms with Crippen molar-refractivity contribution in [3.05, 3.63) is 17.0 Å². The number of hydrogen-bond acceptors (Lipinski definition) is 8. The molecule has 1 amide bonds. The number of nitrogens with zero attached hydrogens (tertiary/aromatic N) is 2. The van der Waals surface area contributed by atoms with E-state index < -0.39 is 0 Å². The molecule has 2 fully saturated rings. The first kappa shape index (κ1) is 15.0. The minimum absolute atomic E-state index is 0.00990. The molecule has 2 saturated heterocycles. The molecule has 4 rings (SSSR count). The Morgan fingerprint density at radius 2 is 2.39 bits per heavy atom. The molecule has 2 bridgehead atoms. The van der Waals surface area contributed by atoms with Gasteiger partial charge in [-0.25, -0.2) is 0 Å². The molecule has 122 valence electrons. The van der Waals surface area contributed by atoms with Gasteiger partial charge in [-0.2, -0.15) is 0 Å². The van der Waals surface area contributed by atoms with Crippen molar-refractivity contribution in [3.63, 3.8) is 0 Å². The third-order valence-electron chi connectivity index (χ3n) is 4.17. The highest BCUT2D eigenvalue weighted by atomic mass is 32.2. The number of fused-ring (bicyclic) bond motifs is 2. The zero-order valence-electron chi connectivity index (χ0n) is 12.4. The highest BCUT2D eigenvalue weighted by Crippen LogP contribution is 2.34. The molecule has 23 heavy (non-hydrogen) atoms. The molecule has 3 unspecified atom stereocenters. The van der Waals surface area contributed by atoms with Crippen molar-refractivity contribution in [2.75, 3.05) is 7.11 Å². The third-order valence-corrected chi connectivity index (χ3v) is 6.23. The molecule has 2 N–H and O–H groups in total. The van der Waals surface area contributed by atoms with E-state index in [-0.39, 0.29) is 18.0 Å². The summed E-state index contributed by atoms with van der Waals surface area (Å²) in [5, 5.41) is 14.7. The second kappa shape index (κ2) is 6.14. The van der Waals surface area contributed by atoms with Gasteiger partial charge in [0.2, 0.25) is 0 Å². The zero-order chi connectivity index (χ0) is 15.8. The molecule has 4 heterocycles. The maximum absolute atomic E-state index is 12.4. The van der Waals surface area contributed by atoms with E-state index >= 15 is 0 Å². The minimum Gasteiger partial charge on any atom is -0.452 e. The molecule has 0 radical (unpaired) electrons. The maximum atomic E-state index is 12.4. The van der Waals surface area contributed by atoms with Crippen molar-refractivity contribution in [2.24, 2.45) is 0 Å². The number of carbonyl (C=O) groups is 1. The number of ether oxygens (including phenoxy) is 1. The normalized spacial score (nSPS) is 25.7. The molecule has 0 aliphatic carbocycles. The molecule has 3 atom stereocenters. The van der Waals surface area contributed by atoms with Gasteiger partial charge in [0, 0.05) is 18.1 Å². The van der Waals surface area contributed by atoms with Crippen LogP contribution in [0.15, 0.2) is 26.0 Å². The van der Waals surface area contributed by atoms with Gasteiger partial charge < -0.3 is 19.8 Å². The topological polar surface area (TPSA) is 89.3 Å². The summed E-state index contributed by atoms with van der Waals surface area (Å²) >= 11 is 2.74. The summed E-state index contributed by atoms with van der Waals surface area (Å²) in [5.74, 6) is -0.00990. The van der Waals surface area contributed by atoms with Crippen LogP contribution in [0.3, 0.4) is 0 Å². The number of aromatic nitrogens is 2. The van der Waals surface area contributed by atoms with Gasteiger partial charge in [0.1, 0.15) is 0 Å². The van der Waals surface area contributed by atoms with E-state index in [1.165, 1.54) is 36.6 Å². The van der Waals surface area contributed by atoms with E-state index in [9.17, 15) is 4.79 Å². The van der Waals surface area contributed by atoms with E-state index in [1.807, 2.05) is 12.1 Å². The van der Waals surface area contributed by atoms with Gasteiger partial charge >= 0.3 is 6.08 Å². The fourth-order valence-electron chi connectivity index (χ4n) is 3.13. The van der Waals surface area contributed by atoms with Crippen LogP contribution in [0, 0.1) is 0 Å². The van der Waals surface area contributed by atoms with Gasteiger partial charge in [-0.15, -0.1) is 11.3 Å². The average molecular weight is 352 g/mol. The molecule has 0 spiro atoms. The summed E-state index contributed by atoms with van der Waals surface area (Å²) < 4.78 is 11.0. The number of amides is 1. The van der Waals surface area contributed by atoms with Crippen LogP contribution in [0.5, 0.6) is 6.08 Å².